The van der Waals surface area contributed by atoms with Crippen molar-refractivity contribution >= 4 is 11.8 Å². The van der Waals surface area contributed by atoms with Gasteiger partial charge in [-0.1, -0.05) is 0 Å². The molecule has 0 bridgehead atoms. The average molecular weight is 281 g/mol. The number of aromatic nitrogens is 1. The summed E-state index contributed by atoms with van der Waals surface area (Å²) >= 11 is 0. The Labute approximate surface area is 116 Å². The summed E-state index contributed by atoms with van der Waals surface area (Å²) in [7, 11) is 1.53. The molecule has 1 heterocycles. The van der Waals surface area contributed by atoms with Crippen LogP contribution in [0.25, 0.3) is 0 Å². The van der Waals surface area contributed by atoms with Crippen LogP contribution in [-0.4, -0.2) is 43.1 Å². The van der Waals surface area contributed by atoms with Crippen LogP contribution in [0.3, 0.4) is 0 Å². The van der Waals surface area contributed by atoms with Crippen LogP contribution in [0.15, 0.2) is 17.1 Å². The SMILES string of the molecule is COCCNC(=O)C(C)NC(=O)c1c[nH]c(C)cc1=O. The molecule has 0 aromatic carbocycles. The zero-order chi connectivity index (χ0) is 15.1. The van der Waals surface area contributed by atoms with Gasteiger partial charge in [-0.15, -0.1) is 0 Å². The zero-order valence-electron chi connectivity index (χ0n) is 11.8. The van der Waals surface area contributed by atoms with Gasteiger partial charge < -0.3 is 20.4 Å². The van der Waals surface area contributed by atoms with Gasteiger partial charge in [0.15, 0.2) is 5.43 Å². The summed E-state index contributed by atoms with van der Waals surface area (Å²) < 4.78 is 4.80. The van der Waals surface area contributed by atoms with Crippen LogP contribution >= 0.6 is 0 Å². The number of ether oxygens (including phenoxy) is 1. The van der Waals surface area contributed by atoms with Gasteiger partial charge >= 0.3 is 0 Å². The molecule has 0 fully saturated rings. The van der Waals surface area contributed by atoms with E-state index >= 15 is 0 Å². The molecule has 1 aromatic rings. The lowest BCUT2D eigenvalue weighted by atomic mass is 10.2. The highest BCUT2D eigenvalue weighted by Gasteiger charge is 2.17. The van der Waals surface area contributed by atoms with Gasteiger partial charge in [-0.25, -0.2) is 0 Å². The van der Waals surface area contributed by atoms with Crippen molar-refractivity contribution < 1.29 is 14.3 Å². The van der Waals surface area contributed by atoms with Crippen molar-refractivity contribution in [1.82, 2.24) is 15.6 Å². The summed E-state index contributed by atoms with van der Waals surface area (Å²) in [5, 5.41) is 5.07. The number of aryl methyl sites for hydroxylation is 1. The highest BCUT2D eigenvalue weighted by molar-refractivity contribution is 5.97. The third-order valence-electron chi connectivity index (χ3n) is 2.65. The van der Waals surface area contributed by atoms with E-state index in [2.05, 4.69) is 15.6 Å². The minimum Gasteiger partial charge on any atom is -0.383 e. The first kappa shape index (κ1) is 15.9. The van der Waals surface area contributed by atoms with Crippen molar-refractivity contribution in [3.63, 3.8) is 0 Å². The molecule has 0 saturated carbocycles. The lowest BCUT2D eigenvalue weighted by Gasteiger charge is -2.13. The highest BCUT2D eigenvalue weighted by atomic mass is 16.5. The second kappa shape index (κ2) is 7.44. The van der Waals surface area contributed by atoms with E-state index < -0.39 is 11.9 Å². The number of nitrogens with one attached hydrogen (secondary N) is 3. The number of methoxy groups -OCH3 is 1. The van der Waals surface area contributed by atoms with E-state index in [0.29, 0.717) is 18.8 Å². The fourth-order valence-electron chi connectivity index (χ4n) is 1.52. The van der Waals surface area contributed by atoms with E-state index in [1.54, 1.807) is 13.8 Å². The first-order valence-electron chi connectivity index (χ1n) is 6.22. The zero-order valence-corrected chi connectivity index (χ0v) is 11.8. The van der Waals surface area contributed by atoms with Crippen molar-refractivity contribution in [1.29, 1.82) is 0 Å². The molecule has 0 spiro atoms. The lowest BCUT2D eigenvalue weighted by molar-refractivity contribution is -0.122. The maximum Gasteiger partial charge on any atom is 0.257 e. The molecule has 7 nitrogen and oxygen atoms in total. The molecule has 0 saturated heterocycles. The molecule has 1 aromatic heterocycles. The number of aromatic amines is 1. The Morgan fingerprint density at radius 2 is 2.15 bits per heavy atom. The van der Waals surface area contributed by atoms with Crippen LogP contribution in [0.1, 0.15) is 23.0 Å². The average Bonchev–Trinajstić information content (AvgIpc) is 2.38. The number of hydrogen-bond acceptors (Lipinski definition) is 4. The van der Waals surface area contributed by atoms with Crippen LogP contribution in [0.4, 0.5) is 0 Å². The fourth-order valence-corrected chi connectivity index (χ4v) is 1.52. The number of H-pyrrole nitrogens is 1. The monoisotopic (exact) mass is 281 g/mol. The lowest BCUT2D eigenvalue weighted by Crippen LogP contribution is -2.46. The quantitative estimate of drug-likeness (QED) is 0.616. The van der Waals surface area contributed by atoms with Crippen LogP contribution in [0.5, 0.6) is 0 Å². The predicted octanol–water partition coefficient (Wildman–Crippen LogP) is -0.436. The van der Waals surface area contributed by atoms with Crippen LogP contribution in [-0.2, 0) is 9.53 Å². The smallest absolute Gasteiger partial charge is 0.257 e. The number of amides is 2. The Morgan fingerprint density at radius 1 is 1.45 bits per heavy atom. The number of carbonyl (C=O) groups is 2. The van der Waals surface area contributed by atoms with Gasteiger partial charge in [0.25, 0.3) is 5.91 Å². The molecule has 0 aliphatic carbocycles. The van der Waals surface area contributed by atoms with E-state index in [1.165, 1.54) is 19.4 Å². The van der Waals surface area contributed by atoms with E-state index in [1.807, 2.05) is 0 Å². The van der Waals surface area contributed by atoms with Crippen LogP contribution < -0.4 is 16.1 Å². The molecular weight excluding hydrogens is 262 g/mol. The number of rotatable bonds is 6. The minimum atomic E-state index is -0.736. The number of hydrogen-bond donors (Lipinski definition) is 3. The normalized spacial score (nSPS) is 11.8. The summed E-state index contributed by atoms with van der Waals surface area (Å²) in [6.45, 7) is 4.02. The Kier molecular flexibility index (Phi) is 5.92. The Hall–Kier alpha value is -2.15. The molecule has 3 N–H and O–H groups in total. The summed E-state index contributed by atoms with van der Waals surface area (Å²) in [5.41, 5.74) is 0.259. The molecule has 20 heavy (non-hydrogen) atoms. The summed E-state index contributed by atoms with van der Waals surface area (Å²) in [6, 6.07) is 0.596. The Morgan fingerprint density at radius 3 is 2.75 bits per heavy atom. The molecule has 1 rings (SSSR count). The van der Waals surface area contributed by atoms with Gasteiger partial charge in [-0.2, -0.15) is 0 Å². The van der Waals surface area contributed by atoms with Crippen molar-refractivity contribution in [2.24, 2.45) is 0 Å². The summed E-state index contributed by atoms with van der Waals surface area (Å²) in [5.74, 6) is -0.917. The molecule has 1 atom stereocenters. The van der Waals surface area contributed by atoms with Gasteiger partial charge in [-0.05, 0) is 13.8 Å². The molecule has 1 unspecified atom stereocenters. The van der Waals surface area contributed by atoms with E-state index in [0.717, 1.165) is 0 Å². The number of carbonyl (C=O) groups excluding carboxylic acids is 2. The van der Waals surface area contributed by atoms with Gasteiger partial charge in [0.2, 0.25) is 5.91 Å². The summed E-state index contributed by atoms with van der Waals surface area (Å²) in [6.07, 6.45) is 1.34. The van der Waals surface area contributed by atoms with E-state index in [9.17, 15) is 14.4 Å². The third-order valence-corrected chi connectivity index (χ3v) is 2.65. The standard InChI is InChI=1S/C13H19N3O4/c1-8-6-11(17)10(7-15-8)13(19)16-9(2)12(18)14-4-5-20-3/h6-7,9H,4-5H2,1-3H3,(H,14,18)(H,15,17)(H,16,19). The third kappa shape index (κ3) is 4.51. The van der Waals surface area contributed by atoms with Crippen molar-refractivity contribution in [3.8, 4) is 0 Å². The molecule has 110 valence electrons. The fraction of sp³-hybridized carbons (Fsp3) is 0.462. The Bertz CT molecular complexity index is 539. The minimum absolute atomic E-state index is 0.0212. The van der Waals surface area contributed by atoms with Crippen molar-refractivity contribution in [2.75, 3.05) is 20.3 Å². The van der Waals surface area contributed by atoms with Gasteiger partial charge in [0.05, 0.1) is 6.61 Å². The maximum atomic E-state index is 11.9. The molecule has 0 aliphatic rings. The molecular formula is C13H19N3O4. The van der Waals surface area contributed by atoms with Crippen molar-refractivity contribution in [2.45, 2.75) is 19.9 Å². The predicted molar refractivity (Wildman–Crippen MR) is 73.6 cm³/mol. The van der Waals surface area contributed by atoms with E-state index in [4.69, 9.17) is 4.74 Å². The van der Waals surface area contributed by atoms with Gasteiger partial charge in [0.1, 0.15) is 11.6 Å². The van der Waals surface area contributed by atoms with Crippen LogP contribution in [0.2, 0.25) is 0 Å². The van der Waals surface area contributed by atoms with Gasteiger partial charge in [0, 0.05) is 31.6 Å². The molecule has 0 aliphatic heterocycles. The maximum absolute atomic E-state index is 11.9. The first-order chi connectivity index (χ1) is 9.45. The molecule has 2 amide bonds. The summed E-state index contributed by atoms with van der Waals surface area (Å²) in [4.78, 5) is 38.0. The topological polar surface area (TPSA) is 100 Å². The largest absolute Gasteiger partial charge is 0.383 e. The Balaban J connectivity index is 2.61. The molecule has 7 heteroatoms. The second-order valence-corrected chi connectivity index (χ2v) is 4.37. The second-order valence-electron chi connectivity index (χ2n) is 4.37. The van der Waals surface area contributed by atoms with Gasteiger partial charge in [-0.3, -0.25) is 14.4 Å². The van der Waals surface area contributed by atoms with Crippen molar-refractivity contribution in [3.05, 3.63) is 33.7 Å². The van der Waals surface area contributed by atoms with Crippen LogP contribution in [0, 0.1) is 6.92 Å². The molecule has 0 radical (unpaired) electrons. The first-order valence-corrected chi connectivity index (χ1v) is 6.22. The number of pyridine rings is 1. The highest BCUT2D eigenvalue weighted by Crippen LogP contribution is 1.94. The van der Waals surface area contributed by atoms with E-state index in [-0.39, 0.29) is 16.9 Å².